The molecular formula is C15H20O4. The van der Waals surface area contributed by atoms with Crippen LogP contribution in [0.4, 0.5) is 0 Å². The van der Waals surface area contributed by atoms with Gasteiger partial charge in [-0.1, -0.05) is 31.4 Å². The average molecular weight is 264 g/mol. The second-order valence-corrected chi connectivity index (χ2v) is 5.09. The van der Waals surface area contributed by atoms with Crippen LogP contribution in [0.25, 0.3) is 0 Å². The molecule has 0 aromatic heterocycles. The Hall–Kier alpha value is -1.71. The van der Waals surface area contributed by atoms with Crippen LogP contribution >= 0.6 is 0 Å². The average Bonchev–Trinajstić information content (AvgIpc) is 2.46. The Morgan fingerprint density at radius 3 is 2.42 bits per heavy atom. The summed E-state index contributed by atoms with van der Waals surface area (Å²) in [4.78, 5) is 11.5. The third-order valence-corrected chi connectivity index (χ3v) is 3.84. The maximum atomic E-state index is 11.5. The van der Waals surface area contributed by atoms with Gasteiger partial charge in [0, 0.05) is 0 Å². The van der Waals surface area contributed by atoms with E-state index < -0.39 is 11.4 Å². The van der Waals surface area contributed by atoms with E-state index in [1.807, 2.05) is 18.2 Å². The number of hydrogen-bond acceptors (Lipinski definition) is 3. The molecule has 1 fully saturated rings. The number of carboxylic acid groups (broad SMARTS) is 1. The van der Waals surface area contributed by atoms with Crippen LogP contribution < -0.4 is 9.47 Å². The molecule has 1 aromatic carbocycles. The highest BCUT2D eigenvalue weighted by molar-refractivity contribution is 5.75. The van der Waals surface area contributed by atoms with E-state index in [1.54, 1.807) is 13.2 Å². The zero-order chi connectivity index (χ0) is 13.7. The highest BCUT2D eigenvalue weighted by Gasteiger charge is 2.40. The van der Waals surface area contributed by atoms with E-state index in [0.29, 0.717) is 24.3 Å². The Kier molecular flexibility index (Phi) is 4.30. The Balaban J connectivity index is 2.08. The van der Waals surface area contributed by atoms with Crippen LogP contribution in [0.15, 0.2) is 24.3 Å². The lowest BCUT2D eigenvalue weighted by atomic mass is 9.75. The zero-order valence-corrected chi connectivity index (χ0v) is 11.2. The lowest BCUT2D eigenvalue weighted by Gasteiger charge is -2.32. The minimum Gasteiger partial charge on any atom is -0.493 e. The van der Waals surface area contributed by atoms with E-state index in [2.05, 4.69) is 0 Å². The van der Waals surface area contributed by atoms with Crippen molar-refractivity contribution in [3.63, 3.8) is 0 Å². The minimum absolute atomic E-state index is 0.211. The van der Waals surface area contributed by atoms with Crippen LogP contribution in [0, 0.1) is 5.41 Å². The van der Waals surface area contributed by atoms with Gasteiger partial charge >= 0.3 is 5.97 Å². The molecule has 104 valence electrons. The fraction of sp³-hybridized carbons (Fsp3) is 0.533. The van der Waals surface area contributed by atoms with Crippen molar-refractivity contribution in [3.05, 3.63) is 24.3 Å². The second kappa shape index (κ2) is 5.95. The fourth-order valence-corrected chi connectivity index (χ4v) is 2.60. The van der Waals surface area contributed by atoms with Crippen molar-refractivity contribution in [3.8, 4) is 11.5 Å². The Bertz CT molecular complexity index is 436. The van der Waals surface area contributed by atoms with Gasteiger partial charge in [0.25, 0.3) is 0 Å². The summed E-state index contributed by atoms with van der Waals surface area (Å²) in [5, 5.41) is 9.48. The Labute approximate surface area is 113 Å². The molecule has 2 rings (SSSR count). The SMILES string of the molecule is COc1ccccc1OCC1(C(=O)O)CCCCC1. The Morgan fingerprint density at radius 1 is 1.21 bits per heavy atom. The van der Waals surface area contributed by atoms with Crippen LogP contribution in [-0.2, 0) is 4.79 Å². The number of hydrogen-bond donors (Lipinski definition) is 1. The third-order valence-electron chi connectivity index (χ3n) is 3.84. The predicted molar refractivity (Wildman–Crippen MR) is 71.6 cm³/mol. The second-order valence-electron chi connectivity index (χ2n) is 5.09. The molecule has 0 saturated heterocycles. The van der Waals surface area contributed by atoms with Crippen molar-refractivity contribution in [2.75, 3.05) is 13.7 Å². The van der Waals surface area contributed by atoms with Gasteiger partial charge in [0.1, 0.15) is 12.0 Å². The molecule has 4 heteroatoms. The highest BCUT2D eigenvalue weighted by Crippen LogP contribution is 2.38. The quantitative estimate of drug-likeness (QED) is 0.887. The molecule has 1 N–H and O–H groups in total. The number of carboxylic acids is 1. The number of carbonyl (C=O) groups is 1. The third kappa shape index (κ3) is 3.00. The molecule has 0 atom stereocenters. The number of aliphatic carboxylic acids is 1. The van der Waals surface area contributed by atoms with Crippen molar-refractivity contribution in [1.82, 2.24) is 0 Å². The summed E-state index contributed by atoms with van der Waals surface area (Å²) in [7, 11) is 1.58. The van der Waals surface area contributed by atoms with Gasteiger partial charge in [0.05, 0.1) is 7.11 Å². The summed E-state index contributed by atoms with van der Waals surface area (Å²) in [6.07, 6.45) is 4.42. The number of para-hydroxylation sites is 2. The number of methoxy groups -OCH3 is 1. The number of rotatable bonds is 5. The van der Waals surface area contributed by atoms with Crippen LogP contribution in [0.3, 0.4) is 0 Å². The lowest BCUT2D eigenvalue weighted by molar-refractivity contribution is -0.153. The molecule has 4 nitrogen and oxygen atoms in total. The van der Waals surface area contributed by atoms with Crippen molar-refractivity contribution in [2.24, 2.45) is 5.41 Å². The van der Waals surface area contributed by atoms with Gasteiger partial charge in [-0.15, -0.1) is 0 Å². The van der Waals surface area contributed by atoms with Gasteiger partial charge in [0.2, 0.25) is 0 Å². The lowest BCUT2D eigenvalue weighted by Crippen LogP contribution is -2.39. The van der Waals surface area contributed by atoms with Crippen LogP contribution in [-0.4, -0.2) is 24.8 Å². The molecule has 1 aliphatic rings. The van der Waals surface area contributed by atoms with Crippen LogP contribution in [0.1, 0.15) is 32.1 Å². The van der Waals surface area contributed by atoms with Crippen LogP contribution in [0.5, 0.6) is 11.5 Å². The van der Waals surface area contributed by atoms with Gasteiger partial charge in [-0.3, -0.25) is 4.79 Å². The first-order valence-corrected chi connectivity index (χ1v) is 6.67. The summed E-state index contributed by atoms with van der Waals surface area (Å²) in [6, 6.07) is 7.33. The van der Waals surface area contributed by atoms with Crippen molar-refractivity contribution in [2.45, 2.75) is 32.1 Å². The number of benzene rings is 1. The Morgan fingerprint density at radius 2 is 1.84 bits per heavy atom. The molecule has 1 aromatic rings. The smallest absolute Gasteiger partial charge is 0.313 e. The van der Waals surface area contributed by atoms with E-state index >= 15 is 0 Å². The minimum atomic E-state index is -0.748. The first kappa shape index (κ1) is 13.7. The van der Waals surface area contributed by atoms with Gasteiger partial charge < -0.3 is 14.6 Å². The molecule has 0 heterocycles. The van der Waals surface area contributed by atoms with Gasteiger partial charge in [0.15, 0.2) is 11.5 Å². The molecule has 0 amide bonds. The van der Waals surface area contributed by atoms with E-state index in [1.165, 1.54) is 0 Å². The van der Waals surface area contributed by atoms with Gasteiger partial charge in [-0.05, 0) is 25.0 Å². The summed E-state index contributed by atoms with van der Waals surface area (Å²) in [5.41, 5.74) is -0.737. The molecule has 1 aliphatic carbocycles. The molecular weight excluding hydrogens is 244 g/mol. The molecule has 0 unspecified atom stereocenters. The maximum Gasteiger partial charge on any atom is 0.313 e. The zero-order valence-electron chi connectivity index (χ0n) is 11.2. The van der Waals surface area contributed by atoms with Crippen LogP contribution in [0.2, 0.25) is 0 Å². The first-order valence-electron chi connectivity index (χ1n) is 6.67. The van der Waals surface area contributed by atoms with E-state index in [-0.39, 0.29) is 6.61 Å². The summed E-state index contributed by atoms with van der Waals surface area (Å²) in [5.74, 6) is 0.497. The molecule has 0 bridgehead atoms. The van der Waals surface area contributed by atoms with Gasteiger partial charge in [-0.25, -0.2) is 0 Å². The topological polar surface area (TPSA) is 55.8 Å². The monoisotopic (exact) mass is 264 g/mol. The van der Waals surface area contributed by atoms with Crippen molar-refractivity contribution >= 4 is 5.97 Å². The number of ether oxygens (including phenoxy) is 2. The molecule has 1 saturated carbocycles. The van der Waals surface area contributed by atoms with Crippen molar-refractivity contribution in [1.29, 1.82) is 0 Å². The first-order chi connectivity index (χ1) is 9.18. The predicted octanol–water partition coefficient (Wildman–Crippen LogP) is 3.11. The molecule has 0 radical (unpaired) electrons. The molecule has 0 spiro atoms. The summed E-state index contributed by atoms with van der Waals surface area (Å²) >= 11 is 0. The fourth-order valence-electron chi connectivity index (χ4n) is 2.60. The van der Waals surface area contributed by atoms with E-state index in [0.717, 1.165) is 19.3 Å². The summed E-state index contributed by atoms with van der Waals surface area (Å²) in [6.45, 7) is 0.211. The van der Waals surface area contributed by atoms with E-state index in [9.17, 15) is 9.90 Å². The van der Waals surface area contributed by atoms with Crippen molar-refractivity contribution < 1.29 is 19.4 Å². The summed E-state index contributed by atoms with van der Waals surface area (Å²) < 4.78 is 10.9. The molecule has 19 heavy (non-hydrogen) atoms. The van der Waals surface area contributed by atoms with Gasteiger partial charge in [-0.2, -0.15) is 0 Å². The normalized spacial score (nSPS) is 17.7. The standard InChI is InChI=1S/C15H20O4/c1-18-12-7-3-4-8-13(12)19-11-15(14(16)17)9-5-2-6-10-15/h3-4,7-8H,2,5-6,9-11H2,1H3,(H,16,17). The molecule has 0 aliphatic heterocycles. The highest BCUT2D eigenvalue weighted by atomic mass is 16.5. The van der Waals surface area contributed by atoms with E-state index in [4.69, 9.17) is 9.47 Å². The largest absolute Gasteiger partial charge is 0.493 e. The maximum absolute atomic E-state index is 11.5.